The van der Waals surface area contributed by atoms with E-state index in [0.29, 0.717) is 30.9 Å². The normalized spacial score (nSPS) is 18.7. The summed E-state index contributed by atoms with van der Waals surface area (Å²) in [6, 6.07) is 0.0898. The third-order valence-corrected chi connectivity index (χ3v) is 6.02. The number of methoxy groups -OCH3 is 1. The molecule has 1 aliphatic heterocycles. The van der Waals surface area contributed by atoms with E-state index < -0.39 is 17.3 Å². The second-order valence-corrected chi connectivity index (χ2v) is 9.21. The minimum absolute atomic E-state index is 0.0418. The summed E-state index contributed by atoms with van der Waals surface area (Å²) in [7, 11) is 1.62. The zero-order valence-electron chi connectivity index (χ0n) is 19.3. The first-order valence-corrected chi connectivity index (χ1v) is 11.4. The van der Waals surface area contributed by atoms with Crippen molar-refractivity contribution in [2.75, 3.05) is 20.3 Å². The van der Waals surface area contributed by atoms with Crippen molar-refractivity contribution < 1.29 is 19.4 Å². The van der Waals surface area contributed by atoms with Gasteiger partial charge >= 0.3 is 0 Å². The fraction of sp³-hybridized carbons (Fsp3) is 0.565. The number of aromatic hydroxyl groups is 1. The Morgan fingerprint density at radius 3 is 2.76 bits per heavy atom. The molecule has 2 N–H and O–H groups in total. The summed E-state index contributed by atoms with van der Waals surface area (Å²) in [6.07, 6.45) is 8.10. The molecule has 178 valence electrons. The van der Waals surface area contributed by atoms with Crippen molar-refractivity contribution in [1.82, 2.24) is 24.4 Å². The van der Waals surface area contributed by atoms with Gasteiger partial charge in [-0.25, -0.2) is 0 Å². The summed E-state index contributed by atoms with van der Waals surface area (Å²) < 4.78 is 7.87. The first-order valence-electron chi connectivity index (χ1n) is 11.4. The number of carbonyl (C=O) groups is 2. The van der Waals surface area contributed by atoms with Crippen LogP contribution in [0.5, 0.6) is 5.88 Å². The van der Waals surface area contributed by atoms with Gasteiger partial charge in [-0.1, -0.05) is 13.8 Å². The maximum absolute atomic E-state index is 13.3. The van der Waals surface area contributed by atoms with E-state index in [2.05, 4.69) is 10.4 Å². The predicted molar refractivity (Wildman–Crippen MR) is 122 cm³/mol. The van der Waals surface area contributed by atoms with Gasteiger partial charge in [-0.3, -0.25) is 19.0 Å². The zero-order valence-corrected chi connectivity index (χ0v) is 19.3. The molecule has 3 heterocycles. The standard InChI is InChI=1S/C23H31N5O5/c1-14(2)12-27-21-15(6-9-18(29)26-10-4-5-17(26)13-33-3)11-24-28(21)23(32)19(22(27)31)20(30)25-16-7-8-16/h6,9,11,14,16-17,32H,4-5,7-8,10,12-13H2,1-3H3,(H,25,30). The molecule has 1 unspecified atom stereocenters. The van der Waals surface area contributed by atoms with Crippen molar-refractivity contribution in [3.8, 4) is 5.88 Å². The van der Waals surface area contributed by atoms with E-state index >= 15 is 0 Å². The SMILES string of the molecule is COCC1CCCN1C(=O)C=Cc1cnn2c(O)c(C(=O)NC3CC3)c(=O)n(CC(C)C)c12. The molecule has 1 atom stereocenters. The van der Waals surface area contributed by atoms with Gasteiger partial charge in [-0.05, 0) is 37.7 Å². The van der Waals surface area contributed by atoms with Gasteiger partial charge in [0.15, 0.2) is 5.56 Å². The third kappa shape index (κ3) is 4.66. The molecule has 2 aromatic rings. The molecule has 2 aliphatic rings. The Bertz CT molecular complexity index is 1140. The summed E-state index contributed by atoms with van der Waals surface area (Å²) in [6.45, 7) is 5.40. The summed E-state index contributed by atoms with van der Waals surface area (Å²) in [5, 5.41) is 17.7. The molecule has 2 amide bonds. The molecular formula is C23H31N5O5. The molecule has 10 heteroatoms. The first-order chi connectivity index (χ1) is 15.8. The van der Waals surface area contributed by atoms with Gasteiger partial charge in [0, 0.05) is 37.9 Å². The van der Waals surface area contributed by atoms with Crippen molar-refractivity contribution in [2.24, 2.45) is 5.92 Å². The van der Waals surface area contributed by atoms with E-state index in [1.54, 1.807) is 18.1 Å². The average molecular weight is 458 g/mol. The number of hydrogen-bond acceptors (Lipinski definition) is 6. The Morgan fingerprint density at radius 2 is 2.09 bits per heavy atom. The van der Waals surface area contributed by atoms with E-state index in [1.165, 1.54) is 21.4 Å². The lowest BCUT2D eigenvalue weighted by Gasteiger charge is -2.22. The van der Waals surface area contributed by atoms with Crippen molar-refractivity contribution in [3.05, 3.63) is 33.8 Å². The van der Waals surface area contributed by atoms with E-state index in [9.17, 15) is 19.5 Å². The van der Waals surface area contributed by atoms with Gasteiger partial charge in [-0.15, -0.1) is 0 Å². The highest BCUT2D eigenvalue weighted by molar-refractivity contribution is 5.97. The van der Waals surface area contributed by atoms with Crippen LogP contribution < -0.4 is 10.9 Å². The Balaban J connectivity index is 1.72. The first kappa shape index (κ1) is 23.0. The highest BCUT2D eigenvalue weighted by atomic mass is 16.5. The van der Waals surface area contributed by atoms with Crippen molar-refractivity contribution in [2.45, 2.75) is 58.2 Å². The minimum Gasteiger partial charge on any atom is -0.492 e. The fourth-order valence-corrected chi connectivity index (χ4v) is 4.30. The number of nitrogens with one attached hydrogen (secondary N) is 1. The van der Waals surface area contributed by atoms with Crippen molar-refractivity contribution in [3.63, 3.8) is 0 Å². The van der Waals surface area contributed by atoms with Gasteiger partial charge in [0.25, 0.3) is 11.5 Å². The van der Waals surface area contributed by atoms with E-state index in [-0.39, 0.29) is 29.5 Å². The molecule has 0 radical (unpaired) electrons. The Kier molecular flexibility index (Phi) is 6.55. The molecular weight excluding hydrogens is 426 g/mol. The Hall–Kier alpha value is -3.14. The zero-order chi connectivity index (χ0) is 23.7. The van der Waals surface area contributed by atoms with E-state index in [4.69, 9.17) is 4.74 Å². The number of likely N-dealkylation sites (tertiary alicyclic amines) is 1. The monoisotopic (exact) mass is 457 g/mol. The maximum atomic E-state index is 13.3. The molecule has 2 aromatic heterocycles. The van der Waals surface area contributed by atoms with E-state index in [1.807, 2.05) is 13.8 Å². The minimum atomic E-state index is -0.597. The predicted octanol–water partition coefficient (Wildman–Crippen LogP) is 1.40. The number of amides is 2. The molecule has 1 aliphatic carbocycles. The molecule has 10 nitrogen and oxygen atoms in total. The Morgan fingerprint density at radius 1 is 1.33 bits per heavy atom. The number of rotatable bonds is 8. The van der Waals surface area contributed by atoms with Gasteiger partial charge in [-0.2, -0.15) is 9.61 Å². The molecule has 1 saturated carbocycles. The number of hydrogen-bond donors (Lipinski definition) is 2. The van der Waals surface area contributed by atoms with E-state index in [0.717, 1.165) is 25.7 Å². The second-order valence-electron chi connectivity index (χ2n) is 9.21. The lowest BCUT2D eigenvalue weighted by atomic mass is 10.2. The summed E-state index contributed by atoms with van der Waals surface area (Å²) in [5.74, 6) is -1.14. The van der Waals surface area contributed by atoms with Crippen LogP contribution in [0.3, 0.4) is 0 Å². The third-order valence-electron chi connectivity index (χ3n) is 6.02. The number of nitrogens with zero attached hydrogens (tertiary/aromatic N) is 4. The summed E-state index contributed by atoms with van der Waals surface area (Å²) in [5.41, 5.74) is -0.0432. The lowest BCUT2D eigenvalue weighted by molar-refractivity contribution is -0.127. The molecule has 4 rings (SSSR count). The molecule has 2 fully saturated rings. The molecule has 0 aromatic carbocycles. The summed E-state index contributed by atoms with van der Waals surface area (Å²) in [4.78, 5) is 40.5. The number of ether oxygens (including phenoxy) is 1. The maximum Gasteiger partial charge on any atom is 0.270 e. The molecule has 0 spiro atoms. The van der Waals surface area contributed by atoms with Crippen LogP contribution >= 0.6 is 0 Å². The van der Waals surface area contributed by atoms with Crippen LogP contribution in [-0.2, 0) is 16.1 Å². The largest absolute Gasteiger partial charge is 0.492 e. The van der Waals surface area contributed by atoms with Crippen molar-refractivity contribution >= 4 is 23.5 Å². The van der Waals surface area contributed by atoms with Gasteiger partial charge < -0.3 is 20.1 Å². The number of fused-ring (bicyclic) bond motifs is 1. The lowest BCUT2D eigenvalue weighted by Crippen LogP contribution is -2.37. The van der Waals surface area contributed by atoms with Crippen molar-refractivity contribution in [1.29, 1.82) is 0 Å². The smallest absolute Gasteiger partial charge is 0.270 e. The molecule has 0 bridgehead atoms. The quantitative estimate of drug-likeness (QED) is 0.579. The topological polar surface area (TPSA) is 118 Å². The second kappa shape index (κ2) is 9.38. The molecule has 1 saturated heterocycles. The van der Waals surface area contributed by atoms with Crippen LogP contribution in [0.4, 0.5) is 0 Å². The van der Waals surface area contributed by atoms with Gasteiger partial charge in [0.1, 0.15) is 5.65 Å². The number of carbonyl (C=O) groups excluding carboxylic acids is 2. The van der Waals surface area contributed by atoms with Crippen LogP contribution in [0.15, 0.2) is 17.1 Å². The van der Waals surface area contributed by atoms with Crippen LogP contribution in [0, 0.1) is 5.92 Å². The fourth-order valence-electron chi connectivity index (χ4n) is 4.30. The highest BCUT2D eigenvalue weighted by Gasteiger charge is 2.30. The van der Waals surface area contributed by atoms with Crippen LogP contribution in [0.1, 0.15) is 55.5 Å². The van der Waals surface area contributed by atoms with Gasteiger partial charge in [0.2, 0.25) is 11.8 Å². The average Bonchev–Trinajstić information content (AvgIpc) is 3.28. The van der Waals surface area contributed by atoms with Crippen LogP contribution in [0.2, 0.25) is 0 Å². The van der Waals surface area contributed by atoms with Crippen LogP contribution in [0.25, 0.3) is 11.7 Å². The number of aromatic nitrogens is 3. The summed E-state index contributed by atoms with van der Waals surface area (Å²) >= 11 is 0. The van der Waals surface area contributed by atoms with Gasteiger partial charge in [0.05, 0.1) is 18.8 Å². The van der Waals surface area contributed by atoms with Crippen LogP contribution in [-0.4, -0.2) is 68.3 Å². The Labute approximate surface area is 191 Å². The highest BCUT2D eigenvalue weighted by Crippen LogP contribution is 2.24. The molecule has 33 heavy (non-hydrogen) atoms.